The number of alkyl halides is 3. The number of halogens is 4. The Morgan fingerprint density at radius 3 is 2.55 bits per heavy atom. The zero-order valence-corrected chi connectivity index (χ0v) is 19.0. The number of rotatable bonds is 4. The van der Waals surface area contributed by atoms with E-state index in [0.29, 0.717) is 22.1 Å². The van der Waals surface area contributed by atoms with Crippen LogP contribution in [-0.4, -0.2) is 14.8 Å². The minimum atomic E-state index is -4.64. The maximum Gasteiger partial charge on any atom is 0.416 e. The number of pyridine rings is 1. The van der Waals surface area contributed by atoms with Crippen molar-refractivity contribution >= 4 is 28.3 Å². The molecule has 3 heterocycles. The van der Waals surface area contributed by atoms with Crippen molar-refractivity contribution in [2.24, 2.45) is 7.05 Å². The molecule has 0 bridgehead atoms. The molecule has 3 aromatic heterocycles. The van der Waals surface area contributed by atoms with Gasteiger partial charge < -0.3 is 9.73 Å². The lowest BCUT2D eigenvalue weighted by atomic mass is 9.98. The third-order valence-corrected chi connectivity index (χ3v) is 5.64. The van der Waals surface area contributed by atoms with Gasteiger partial charge in [-0.3, -0.25) is 9.48 Å². The maximum absolute atomic E-state index is 13.7. The number of anilines is 1. The molecule has 0 amide bonds. The summed E-state index contributed by atoms with van der Waals surface area (Å²) < 4.78 is 48.7. The molecule has 0 aliphatic heterocycles. The second kappa shape index (κ2) is 8.22. The molecule has 1 atom stereocenters. The molecule has 0 spiro atoms. The summed E-state index contributed by atoms with van der Waals surface area (Å²) in [6, 6.07) is 4.47. The van der Waals surface area contributed by atoms with Crippen LogP contribution in [0.4, 0.5) is 18.9 Å². The zero-order valence-electron chi connectivity index (χ0n) is 18.2. The van der Waals surface area contributed by atoms with Gasteiger partial charge >= 0.3 is 6.18 Å². The van der Waals surface area contributed by atoms with E-state index in [-0.39, 0.29) is 27.9 Å². The minimum Gasteiger partial charge on any atom is -0.455 e. The molecule has 6 nitrogen and oxygen atoms in total. The smallest absolute Gasteiger partial charge is 0.416 e. The second-order valence-corrected chi connectivity index (χ2v) is 8.25. The van der Waals surface area contributed by atoms with Crippen LogP contribution >= 0.6 is 11.6 Å². The van der Waals surface area contributed by atoms with Crippen LogP contribution in [0.5, 0.6) is 0 Å². The number of hydrogen-bond donors (Lipinski definition) is 1. The highest BCUT2D eigenvalue weighted by Crippen LogP contribution is 2.37. The molecule has 10 heteroatoms. The van der Waals surface area contributed by atoms with E-state index in [2.05, 4.69) is 15.4 Å². The SMILES string of the molecule is Cc1nc(Cl)ccc1NC(C)c1cc(C(F)(F)F)cc2c(=O)c(C)c(-c3cnn(C)c3)oc12. The Morgan fingerprint density at radius 2 is 1.94 bits per heavy atom. The lowest BCUT2D eigenvalue weighted by Gasteiger charge is -2.20. The Bertz CT molecular complexity index is 1430. The van der Waals surface area contributed by atoms with Crippen molar-refractivity contribution in [2.75, 3.05) is 5.32 Å². The van der Waals surface area contributed by atoms with Gasteiger partial charge in [0.25, 0.3) is 0 Å². The molecule has 0 saturated carbocycles. The molecular formula is C23H20ClF3N4O2. The van der Waals surface area contributed by atoms with E-state index in [1.54, 1.807) is 43.9 Å². The van der Waals surface area contributed by atoms with Crippen LogP contribution in [0.2, 0.25) is 5.15 Å². The summed E-state index contributed by atoms with van der Waals surface area (Å²) in [4.78, 5) is 17.3. The molecule has 1 aromatic carbocycles. The van der Waals surface area contributed by atoms with Crippen molar-refractivity contribution in [1.82, 2.24) is 14.8 Å². The van der Waals surface area contributed by atoms with Crippen LogP contribution in [-0.2, 0) is 13.2 Å². The average molecular weight is 477 g/mol. The average Bonchev–Trinajstić information content (AvgIpc) is 3.17. The summed E-state index contributed by atoms with van der Waals surface area (Å²) in [5.41, 5.74) is 0.758. The van der Waals surface area contributed by atoms with Gasteiger partial charge in [0.15, 0.2) is 5.43 Å². The summed E-state index contributed by atoms with van der Waals surface area (Å²) in [7, 11) is 1.72. The first-order chi connectivity index (χ1) is 15.5. The number of aryl methyl sites for hydroxylation is 2. The molecule has 1 N–H and O–H groups in total. The van der Waals surface area contributed by atoms with Gasteiger partial charge in [0.1, 0.15) is 16.5 Å². The summed E-state index contributed by atoms with van der Waals surface area (Å²) in [6.45, 7) is 4.94. The predicted octanol–water partition coefficient (Wildman–Crippen LogP) is 6.05. The minimum absolute atomic E-state index is 0.0806. The number of aromatic nitrogens is 3. The number of nitrogens with zero attached hydrogens (tertiary/aromatic N) is 3. The third kappa shape index (κ3) is 4.32. The standard InChI is InChI=1S/C23H20ClF3N4O2/c1-11-20(32)17-8-15(23(25,26)27)7-16(12(2)29-18-5-6-19(24)30-13(18)3)22(17)33-21(11)14-9-28-31(4)10-14/h5-10,12,29H,1-4H3. The van der Waals surface area contributed by atoms with E-state index >= 15 is 0 Å². The summed E-state index contributed by atoms with van der Waals surface area (Å²) in [6.07, 6.45) is -1.43. The van der Waals surface area contributed by atoms with E-state index in [4.69, 9.17) is 16.0 Å². The lowest BCUT2D eigenvalue weighted by Crippen LogP contribution is -2.15. The van der Waals surface area contributed by atoms with Gasteiger partial charge in [-0.05, 0) is 45.0 Å². The van der Waals surface area contributed by atoms with Gasteiger partial charge in [-0.25, -0.2) is 4.98 Å². The molecule has 0 aliphatic carbocycles. The molecule has 0 saturated heterocycles. The van der Waals surface area contributed by atoms with Crippen LogP contribution in [0.3, 0.4) is 0 Å². The maximum atomic E-state index is 13.7. The van der Waals surface area contributed by atoms with Crippen LogP contribution in [0.25, 0.3) is 22.3 Å². The molecule has 1 unspecified atom stereocenters. The molecule has 4 rings (SSSR count). The fourth-order valence-corrected chi connectivity index (χ4v) is 3.90. The number of hydrogen-bond acceptors (Lipinski definition) is 5. The van der Waals surface area contributed by atoms with Gasteiger partial charge in [-0.2, -0.15) is 18.3 Å². The summed E-state index contributed by atoms with van der Waals surface area (Å²) >= 11 is 5.91. The third-order valence-electron chi connectivity index (χ3n) is 5.43. The molecular weight excluding hydrogens is 457 g/mol. The summed E-state index contributed by atoms with van der Waals surface area (Å²) in [5, 5.41) is 7.42. The predicted molar refractivity (Wildman–Crippen MR) is 120 cm³/mol. The number of benzene rings is 1. The highest BCUT2D eigenvalue weighted by atomic mass is 35.5. The van der Waals surface area contributed by atoms with Gasteiger partial charge in [0, 0.05) is 24.4 Å². The molecule has 0 aliphatic rings. The van der Waals surface area contributed by atoms with Crippen LogP contribution in [0.15, 0.2) is 45.9 Å². The number of nitrogens with one attached hydrogen (secondary N) is 1. The first-order valence-corrected chi connectivity index (χ1v) is 10.4. The lowest BCUT2D eigenvalue weighted by molar-refractivity contribution is -0.137. The topological polar surface area (TPSA) is 73.0 Å². The molecule has 33 heavy (non-hydrogen) atoms. The van der Waals surface area contributed by atoms with Crippen LogP contribution in [0.1, 0.15) is 35.3 Å². The highest BCUT2D eigenvalue weighted by Gasteiger charge is 2.33. The van der Waals surface area contributed by atoms with Crippen molar-refractivity contribution in [3.8, 4) is 11.3 Å². The fraction of sp³-hybridized carbons (Fsp3) is 0.261. The van der Waals surface area contributed by atoms with E-state index in [1.807, 2.05) is 0 Å². The Hall–Kier alpha value is -3.33. The van der Waals surface area contributed by atoms with E-state index in [0.717, 1.165) is 12.1 Å². The Labute approximate surface area is 192 Å². The first-order valence-electron chi connectivity index (χ1n) is 10.0. The zero-order chi connectivity index (χ0) is 24.1. The summed E-state index contributed by atoms with van der Waals surface area (Å²) in [5.74, 6) is 0.262. The first kappa shape index (κ1) is 22.8. The van der Waals surface area contributed by atoms with Gasteiger partial charge in [-0.15, -0.1) is 0 Å². The largest absolute Gasteiger partial charge is 0.455 e. The van der Waals surface area contributed by atoms with Crippen LogP contribution < -0.4 is 10.7 Å². The molecule has 172 valence electrons. The quantitative estimate of drug-likeness (QED) is 0.363. The molecule has 0 radical (unpaired) electrons. The monoisotopic (exact) mass is 476 g/mol. The molecule has 0 fully saturated rings. The van der Waals surface area contributed by atoms with Gasteiger partial charge in [-0.1, -0.05) is 11.6 Å². The van der Waals surface area contributed by atoms with Crippen molar-refractivity contribution < 1.29 is 17.6 Å². The van der Waals surface area contributed by atoms with Crippen molar-refractivity contribution in [3.63, 3.8) is 0 Å². The van der Waals surface area contributed by atoms with Crippen molar-refractivity contribution in [2.45, 2.75) is 33.0 Å². The van der Waals surface area contributed by atoms with E-state index in [1.165, 1.54) is 13.1 Å². The molecule has 4 aromatic rings. The van der Waals surface area contributed by atoms with Crippen molar-refractivity contribution in [3.05, 3.63) is 74.4 Å². The Morgan fingerprint density at radius 1 is 1.21 bits per heavy atom. The van der Waals surface area contributed by atoms with E-state index in [9.17, 15) is 18.0 Å². The van der Waals surface area contributed by atoms with Crippen molar-refractivity contribution in [1.29, 1.82) is 0 Å². The normalized spacial score (nSPS) is 12.8. The van der Waals surface area contributed by atoms with Gasteiger partial charge in [0.2, 0.25) is 0 Å². The Kier molecular flexibility index (Phi) is 5.69. The van der Waals surface area contributed by atoms with E-state index < -0.39 is 23.2 Å². The number of fused-ring (bicyclic) bond motifs is 1. The highest BCUT2D eigenvalue weighted by molar-refractivity contribution is 6.29. The fourth-order valence-electron chi connectivity index (χ4n) is 3.71. The Balaban J connectivity index is 1.95. The second-order valence-electron chi connectivity index (χ2n) is 7.86. The van der Waals surface area contributed by atoms with Crippen LogP contribution in [0, 0.1) is 13.8 Å². The van der Waals surface area contributed by atoms with Gasteiger partial charge in [0.05, 0.1) is 40.1 Å².